The number of piperazine rings is 1. The largest absolute Gasteiger partial charge is 0.329 e. The molecule has 7 heteroatoms. The first-order chi connectivity index (χ1) is 9.49. The second-order valence-corrected chi connectivity index (χ2v) is 8.04. The Bertz CT molecular complexity index is 393. The maximum atomic E-state index is 11.6. The molecule has 0 radical (unpaired) electrons. The third-order valence-electron chi connectivity index (χ3n) is 4.38. The molecule has 118 valence electrons. The van der Waals surface area contributed by atoms with Gasteiger partial charge in [0.1, 0.15) is 0 Å². The van der Waals surface area contributed by atoms with Crippen LogP contribution in [0.15, 0.2) is 0 Å². The van der Waals surface area contributed by atoms with E-state index in [0.717, 1.165) is 58.7 Å². The summed E-state index contributed by atoms with van der Waals surface area (Å²) in [6.45, 7) is 8.46. The van der Waals surface area contributed by atoms with Crippen molar-refractivity contribution in [3.63, 3.8) is 0 Å². The van der Waals surface area contributed by atoms with Crippen LogP contribution in [0.1, 0.15) is 12.8 Å². The van der Waals surface area contributed by atoms with E-state index in [1.165, 1.54) is 6.26 Å². The number of hydrogen-bond acceptors (Lipinski definition) is 5. The first kappa shape index (κ1) is 16.2. The van der Waals surface area contributed by atoms with E-state index in [0.29, 0.717) is 19.0 Å². The average molecular weight is 304 g/mol. The van der Waals surface area contributed by atoms with Gasteiger partial charge in [-0.1, -0.05) is 0 Å². The van der Waals surface area contributed by atoms with E-state index in [-0.39, 0.29) is 0 Å². The zero-order valence-corrected chi connectivity index (χ0v) is 13.3. The molecule has 0 spiro atoms. The summed E-state index contributed by atoms with van der Waals surface area (Å²) in [6.07, 6.45) is 3.46. The monoisotopic (exact) mass is 304 g/mol. The number of sulfonamides is 1. The van der Waals surface area contributed by atoms with Crippen LogP contribution in [0.25, 0.3) is 0 Å². The molecule has 2 rings (SSSR count). The fourth-order valence-electron chi connectivity index (χ4n) is 3.22. The van der Waals surface area contributed by atoms with Gasteiger partial charge in [-0.2, -0.15) is 0 Å². The van der Waals surface area contributed by atoms with Crippen molar-refractivity contribution in [2.75, 3.05) is 65.2 Å². The van der Waals surface area contributed by atoms with Crippen molar-refractivity contribution in [3.05, 3.63) is 0 Å². The van der Waals surface area contributed by atoms with Gasteiger partial charge in [0.25, 0.3) is 0 Å². The molecule has 2 aliphatic heterocycles. The van der Waals surface area contributed by atoms with E-state index in [1.54, 1.807) is 4.31 Å². The van der Waals surface area contributed by atoms with Gasteiger partial charge in [-0.15, -0.1) is 0 Å². The third-order valence-corrected chi connectivity index (χ3v) is 5.65. The summed E-state index contributed by atoms with van der Waals surface area (Å²) in [5, 5.41) is 0. The van der Waals surface area contributed by atoms with E-state index >= 15 is 0 Å². The number of nitrogens with zero attached hydrogens (tertiary/aromatic N) is 3. The third kappa shape index (κ3) is 4.66. The van der Waals surface area contributed by atoms with Crippen molar-refractivity contribution in [2.24, 2.45) is 11.7 Å². The zero-order chi connectivity index (χ0) is 14.6. The molecule has 0 amide bonds. The van der Waals surface area contributed by atoms with Gasteiger partial charge in [0.2, 0.25) is 10.0 Å². The van der Waals surface area contributed by atoms with Crippen molar-refractivity contribution >= 4 is 10.0 Å². The SMILES string of the molecule is CS(=O)(=O)N1CCCC(CN2CCN(CCN)CC2)C1. The summed E-state index contributed by atoms with van der Waals surface area (Å²) < 4.78 is 24.9. The van der Waals surface area contributed by atoms with Gasteiger partial charge in [0.05, 0.1) is 6.26 Å². The van der Waals surface area contributed by atoms with E-state index < -0.39 is 10.0 Å². The Kier molecular flexibility index (Phi) is 5.80. The molecule has 0 saturated carbocycles. The van der Waals surface area contributed by atoms with E-state index in [9.17, 15) is 8.42 Å². The highest BCUT2D eigenvalue weighted by molar-refractivity contribution is 7.88. The van der Waals surface area contributed by atoms with Crippen LogP contribution in [0.5, 0.6) is 0 Å². The second-order valence-electron chi connectivity index (χ2n) is 6.06. The summed E-state index contributed by atoms with van der Waals surface area (Å²) in [4.78, 5) is 4.88. The molecule has 0 aromatic carbocycles. The summed E-state index contributed by atoms with van der Waals surface area (Å²) in [7, 11) is -3.02. The van der Waals surface area contributed by atoms with Crippen LogP contribution >= 0.6 is 0 Å². The molecule has 6 nitrogen and oxygen atoms in total. The molecule has 0 aromatic heterocycles. The second kappa shape index (κ2) is 7.17. The van der Waals surface area contributed by atoms with Crippen molar-refractivity contribution in [2.45, 2.75) is 12.8 Å². The molecular weight excluding hydrogens is 276 g/mol. The molecule has 2 fully saturated rings. The number of piperidine rings is 1. The Morgan fingerprint density at radius 2 is 1.75 bits per heavy atom. The van der Waals surface area contributed by atoms with Crippen molar-refractivity contribution in [1.82, 2.24) is 14.1 Å². The zero-order valence-electron chi connectivity index (χ0n) is 12.5. The van der Waals surface area contributed by atoms with Gasteiger partial charge in [-0.25, -0.2) is 12.7 Å². The first-order valence-corrected chi connectivity index (χ1v) is 9.44. The molecule has 20 heavy (non-hydrogen) atoms. The van der Waals surface area contributed by atoms with Crippen LogP contribution in [-0.4, -0.2) is 87.7 Å². The number of nitrogens with two attached hydrogens (primary N) is 1. The lowest BCUT2D eigenvalue weighted by Crippen LogP contribution is -2.50. The molecule has 0 aromatic rings. The van der Waals surface area contributed by atoms with Crippen LogP contribution < -0.4 is 5.73 Å². The molecular formula is C13H28N4O2S. The molecule has 1 atom stereocenters. The molecule has 2 saturated heterocycles. The van der Waals surface area contributed by atoms with Gasteiger partial charge in [0.15, 0.2) is 0 Å². The molecule has 2 aliphatic rings. The highest BCUT2D eigenvalue weighted by Gasteiger charge is 2.28. The van der Waals surface area contributed by atoms with Gasteiger partial charge >= 0.3 is 0 Å². The Balaban J connectivity index is 1.77. The highest BCUT2D eigenvalue weighted by atomic mass is 32.2. The standard InChI is InChI=1S/C13H28N4O2S/c1-20(18,19)17-5-2-3-13(12-17)11-16-9-7-15(6-4-14)8-10-16/h13H,2-12,14H2,1H3. The van der Waals surface area contributed by atoms with E-state index in [1.807, 2.05) is 0 Å². The molecule has 2 heterocycles. The predicted octanol–water partition coefficient (Wildman–Crippen LogP) is -0.766. The Morgan fingerprint density at radius 1 is 1.10 bits per heavy atom. The Morgan fingerprint density at radius 3 is 2.35 bits per heavy atom. The van der Waals surface area contributed by atoms with E-state index in [2.05, 4.69) is 9.80 Å². The van der Waals surface area contributed by atoms with Crippen LogP contribution in [0.4, 0.5) is 0 Å². The number of hydrogen-bond donors (Lipinski definition) is 1. The maximum absolute atomic E-state index is 11.6. The van der Waals surface area contributed by atoms with Crippen molar-refractivity contribution < 1.29 is 8.42 Å². The minimum absolute atomic E-state index is 0.486. The fraction of sp³-hybridized carbons (Fsp3) is 1.00. The van der Waals surface area contributed by atoms with Crippen LogP contribution in [-0.2, 0) is 10.0 Å². The van der Waals surface area contributed by atoms with Gasteiger partial charge in [-0.05, 0) is 18.8 Å². The topological polar surface area (TPSA) is 69.9 Å². The molecule has 1 unspecified atom stereocenters. The minimum Gasteiger partial charge on any atom is -0.329 e. The first-order valence-electron chi connectivity index (χ1n) is 7.59. The highest BCUT2D eigenvalue weighted by Crippen LogP contribution is 2.20. The van der Waals surface area contributed by atoms with Crippen LogP contribution in [0.3, 0.4) is 0 Å². The summed E-state index contributed by atoms with van der Waals surface area (Å²) >= 11 is 0. The molecule has 0 bridgehead atoms. The lowest BCUT2D eigenvalue weighted by atomic mass is 9.99. The van der Waals surface area contributed by atoms with Crippen LogP contribution in [0.2, 0.25) is 0 Å². The van der Waals surface area contributed by atoms with Gasteiger partial charge < -0.3 is 10.6 Å². The Hall–Kier alpha value is -0.210. The number of rotatable bonds is 5. The van der Waals surface area contributed by atoms with Crippen molar-refractivity contribution in [1.29, 1.82) is 0 Å². The van der Waals surface area contributed by atoms with Gasteiger partial charge in [-0.3, -0.25) is 4.90 Å². The van der Waals surface area contributed by atoms with E-state index in [4.69, 9.17) is 5.73 Å². The minimum atomic E-state index is -3.02. The average Bonchev–Trinajstić information content (AvgIpc) is 2.41. The lowest BCUT2D eigenvalue weighted by Gasteiger charge is -2.38. The molecule has 0 aliphatic carbocycles. The molecule has 2 N–H and O–H groups in total. The lowest BCUT2D eigenvalue weighted by molar-refractivity contribution is 0.106. The summed E-state index contributed by atoms with van der Waals surface area (Å²) in [5.74, 6) is 0.486. The predicted molar refractivity (Wildman–Crippen MR) is 81.1 cm³/mol. The van der Waals surface area contributed by atoms with Crippen LogP contribution in [0, 0.1) is 5.92 Å². The van der Waals surface area contributed by atoms with Gasteiger partial charge in [0, 0.05) is 58.9 Å². The summed E-state index contributed by atoms with van der Waals surface area (Å²) in [6, 6.07) is 0. The smallest absolute Gasteiger partial charge is 0.211 e. The normalized spacial score (nSPS) is 27.8. The maximum Gasteiger partial charge on any atom is 0.211 e. The fourth-order valence-corrected chi connectivity index (χ4v) is 4.16. The quantitative estimate of drug-likeness (QED) is 0.723. The summed E-state index contributed by atoms with van der Waals surface area (Å²) in [5.41, 5.74) is 5.58. The Labute approximate surface area is 122 Å². The van der Waals surface area contributed by atoms with Crippen molar-refractivity contribution in [3.8, 4) is 0 Å².